The fraction of sp³-hybridized carbons (Fsp3) is 0.417. The molecular weight excluding hydrogens is 204 g/mol. The number of thioether (sulfide) groups is 1. The third-order valence-electron chi connectivity index (χ3n) is 2.78. The molecule has 0 aliphatic carbocycles. The van der Waals surface area contributed by atoms with Crippen LogP contribution in [0.5, 0.6) is 0 Å². The van der Waals surface area contributed by atoms with Gasteiger partial charge in [0.15, 0.2) is 0 Å². The van der Waals surface area contributed by atoms with Crippen LogP contribution in [0.25, 0.3) is 0 Å². The van der Waals surface area contributed by atoms with Gasteiger partial charge >= 0.3 is 0 Å². The van der Waals surface area contributed by atoms with Crippen molar-refractivity contribution < 1.29 is 0 Å². The SMILES string of the molecule is CSc1cc(N2CCCC2)ccc1C#N. The summed E-state index contributed by atoms with van der Waals surface area (Å²) in [6, 6.07) is 8.35. The van der Waals surface area contributed by atoms with E-state index in [-0.39, 0.29) is 0 Å². The summed E-state index contributed by atoms with van der Waals surface area (Å²) in [5, 5.41) is 8.93. The molecule has 1 aliphatic heterocycles. The van der Waals surface area contributed by atoms with E-state index in [0.717, 1.165) is 23.5 Å². The molecule has 1 heterocycles. The van der Waals surface area contributed by atoms with Gasteiger partial charge in [0.2, 0.25) is 0 Å². The molecule has 3 heteroatoms. The first-order valence-electron chi connectivity index (χ1n) is 5.18. The minimum Gasteiger partial charge on any atom is -0.372 e. The molecule has 1 aromatic rings. The quantitative estimate of drug-likeness (QED) is 0.714. The van der Waals surface area contributed by atoms with Gasteiger partial charge in [-0.05, 0) is 37.3 Å². The second-order valence-electron chi connectivity index (χ2n) is 3.69. The number of nitrogens with zero attached hydrogens (tertiary/aromatic N) is 2. The Morgan fingerprint density at radius 1 is 1.33 bits per heavy atom. The van der Waals surface area contributed by atoms with E-state index in [1.54, 1.807) is 11.8 Å². The summed E-state index contributed by atoms with van der Waals surface area (Å²) in [7, 11) is 0. The predicted molar refractivity (Wildman–Crippen MR) is 64.4 cm³/mol. The maximum Gasteiger partial charge on any atom is 0.100 e. The Morgan fingerprint density at radius 3 is 2.67 bits per heavy atom. The van der Waals surface area contributed by atoms with Crippen molar-refractivity contribution in [1.82, 2.24) is 0 Å². The number of hydrogen-bond acceptors (Lipinski definition) is 3. The molecule has 0 unspecified atom stereocenters. The smallest absolute Gasteiger partial charge is 0.100 e. The van der Waals surface area contributed by atoms with Gasteiger partial charge in [-0.3, -0.25) is 0 Å². The maximum atomic E-state index is 8.93. The molecule has 1 aliphatic rings. The minimum atomic E-state index is 0.783. The van der Waals surface area contributed by atoms with Crippen molar-refractivity contribution in [3.05, 3.63) is 23.8 Å². The van der Waals surface area contributed by atoms with Crippen molar-refractivity contribution in [3.63, 3.8) is 0 Å². The molecule has 1 fully saturated rings. The highest BCUT2D eigenvalue weighted by Gasteiger charge is 2.13. The largest absolute Gasteiger partial charge is 0.372 e. The average molecular weight is 218 g/mol. The molecule has 0 radical (unpaired) electrons. The number of rotatable bonds is 2. The van der Waals surface area contributed by atoms with Crippen LogP contribution in [-0.2, 0) is 0 Å². The summed E-state index contributed by atoms with van der Waals surface area (Å²) in [6.45, 7) is 2.31. The van der Waals surface area contributed by atoms with Crippen LogP contribution in [0.2, 0.25) is 0 Å². The second-order valence-corrected chi connectivity index (χ2v) is 4.54. The molecule has 0 bridgehead atoms. The monoisotopic (exact) mass is 218 g/mol. The van der Waals surface area contributed by atoms with Crippen LogP contribution in [0.4, 0.5) is 5.69 Å². The Hall–Kier alpha value is -1.14. The molecule has 1 saturated heterocycles. The van der Waals surface area contributed by atoms with Gasteiger partial charge in [-0.25, -0.2) is 0 Å². The van der Waals surface area contributed by atoms with Gasteiger partial charge in [-0.1, -0.05) is 0 Å². The fourth-order valence-corrected chi connectivity index (χ4v) is 2.52. The summed E-state index contributed by atoms with van der Waals surface area (Å²) >= 11 is 1.64. The van der Waals surface area contributed by atoms with Crippen LogP contribution >= 0.6 is 11.8 Å². The maximum absolute atomic E-state index is 8.93. The summed E-state index contributed by atoms with van der Waals surface area (Å²) in [4.78, 5) is 3.47. The summed E-state index contributed by atoms with van der Waals surface area (Å²) in [6.07, 6.45) is 4.59. The van der Waals surface area contributed by atoms with Gasteiger partial charge in [-0.2, -0.15) is 5.26 Å². The Labute approximate surface area is 94.9 Å². The molecule has 0 saturated carbocycles. The van der Waals surface area contributed by atoms with E-state index >= 15 is 0 Å². The first-order valence-corrected chi connectivity index (χ1v) is 6.40. The highest BCUT2D eigenvalue weighted by atomic mass is 32.2. The number of hydrogen-bond donors (Lipinski definition) is 0. The van der Waals surface area contributed by atoms with E-state index in [1.807, 2.05) is 12.3 Å². The summed E-state index contributed by atoms with van der Waals surface area (Å²) in [5.74, 6) is 0. The normalized spacial score (nSPS) is 15.3. The van der Waals surface area contributed by atoms with Gasteiger partial charge in [0, 0.05) is 23.7 Å². The molecule has 0 amide bonds. The van der Waals surface area contributed by atoms with Crippen molar-refractivity contribution in [1.29, 1.82) is 5.26 Å². The van der Waals surface area contributed by atoms with E-state index in [9.17, 15) is 0 Å². The van der Waals surface area contributed by atoms with Crippen molar-refractivity contribution in [3.8, 4) is 6.07 Å². The lowest BCUT2D eigenvalue weighted by Crippen LogP contribution is -2.17. The number of benzene rings is 1. The van der Waals surface area contributed by atoms with Crippen LogP contribution < -0.4 is 4.90 Å². The van der Waals surface area contributed by atoms with Crippen LogP contribution in [-0.4, -0.2) is 19.3 Å². The van der Waals surface area contributed by atoms with E-state index in [4.69, 9.17) is 5.26 Å². The zero-order valence-corrected chi connectivity index (χ0v) is 9.68. The van der Waals surface area contributed by atoms with Crippen LogP contribution in [0.3, 0.4) is 0 Å². The first-order chi connectivity index (χ1) is 7.35. The van der Waals surface area contributed by atoms with Crippen molar-refractivity contribution in [2.45, 2.75) is 17.7 Å². The van der Waals surface area contributed by atoms with E-state index < -0.39 is 0 Å². The molecule has 0 spiro atoms. The van der Waals surface area contributed by atoms with E-state index in [1.165, 1.54) is 18.5 Å². The summed E-state index contributed by atoms with van der Waals surface area (Å²) < 4.78 is 0. The lowest BCUT2D eigenvalue weighted by Gasteiger charge is -2.18. The van der Waals surface area contributed by atoms with Crippen LogP contribution in [0.1, 0.15) is 18.4 Å². The molecule has 78 valence electrons. The van der Waals surface area contributed by atoms with Crippen LogP contribution in [0, 0.1) is 11.3 Å². The molecule has 0 N–H and O–H groups in total. The standard InChI is InChI=1S/C12H14N2S/c1-15-12-8-11(5-4-10(12)9-13)14-6-2-3-7-14/h4-5,8H,2-3,6-7H2,1H3. The van der Waals surface area contributed by atoms with Gasteiger partial charge in [0.05, 0.1) is 5.56 Å². The third-order valence-corrected chi connectivity index (χ3v) is 3.55. The van der Waals surface area contributed by atoms with Crippen molar-refractivity contribution in [2.75, 3.05) is 24.2 Å². The fourth-order valence-electron chi connectivity index (χ4n) is 1.94. The minimum absolute atomic E-state index is 0.783. The second kappa shape index (κ2) is 4.59. The highest BCUT2D eigenvalue weighted by Crippen LogP contribution is 2.27. The predicted octanol–water partition coefficient (Wildman–Crippen LogP) is 2.88. The molecule has 2 rings (SSSR count). The van der Waals surface area contributed by atoms with Crippen LogP contribution in [0.15, 0.2) is 23.1 Å². The Bertz CT molecular complexity index is 389. The van der Waals surface area contributed by atoms with Crippen molar-refractivity contribution in [2.24, 2.45) is 0 Å². The Kier molecular flexibility index (Phi) is 3.17. The van der Waals surface area contributed by atoms with Gasteiger partial charge in [0.25, 0.3) is 0 Å². The topological polar surface area (TPSA) is 27.0 Å². The molecule has 15 heavy (non-hydrogen) atoms. The van der Waals surface area contributed by atoms with Crippen molar-refractivity contribution >= 4 is 17.4 Å². The lowest BCUT2D eigenvalue weighted by molar-refractivity contribution is 0.949. The Balaban J connectivity index is 2.30. The third kappa shape index (κ3) is 2.10. The zero-order chi connectivity index (χ0) is 10.7. The van der Waals surface area contributed by atoms with E-state index in [0.29, 0.717) is 0 Å². The average Bonchev–Trinajstić information content (AvgIpc) is 2.81. The number of anilines is 1. The molecule has 0 aromatic heterocycles. The highest BCUT2D eigenvalue weighted by molar-refractivity contribution is 7.98. The Morgan fingerprint density at radius 2 is 2.07 bits per heavy atom. The van der Waals surface area contributed by atoms with E-state index in [2.05, 4.69) is 23.1 Å². The summed E-state index contributed by atoms with van der Waals surface area (Å²) in [5.41, 5.74) is 2.04. The first kappa shape index (κ1) is 10.4. The lowest BCUT2D eigenvalue weighted by atomic mass is 10.2. The number of nitriles is 1. The molecule has 0 atom stereocenters. The molecule has 1 aromatic carbocycles. The van der Waals surface area contributed by atoms with Gasteiger partial charge in [0.1, 0.15) is 6.07 Å². The molecular formula is C12H14N2S. The zero-order valence-electron chi connectivity index (χ0n) is 8.86. The van der Waals surface area contributed by atoms with Gasteiger partial charge < -0.3 is 4.90 Å². The van der Waals surface area contributed by atoms with Gasteiger partial charge in [-0.15, -0.1) is 11.8 Å². The molecule has 2 nitrogen and oxygen atoms in total.